The Morgan fingerprint density at radius 3 is 2.20 bits per heavy atom. The molecule has 0 spiro atoms. The number of esters is 1. The molecule has 1 N–H and O–H groups in total. The average Bonchev–Trinajstić information content (AvgIpc) is 2.85. The average molecular weight is 481 g/mol. The van der Waals surface area contributed by atoms with Gasteiger partial charge in [0.25, 0.3) is 11.8 Å². The number of hydrogen-bond donors (Lipinski definition) is 1. The Hall–Kier alpha value is -3.35. The Kier molecular flexibility index (Phi) is 9.29. The topological polar surface area (TPSA) is 84.9 Å². The van der Waals surface area contributed by atoms with Crippen LogP contribution in [0, 0.1) is 6.92 Å². The summed E-state index contributed by atoms with van der Waals surface area (Å²) in [7, 11) is 0. The summed E-state index contributed by atoms with van der Waals surface area (Å²) < 4.78 is 10.8. The van der Waals surface area contributed by atoms with Crippen LogP contribution in [0.5, 0.6) is 5.75 Å². The Bertz CT molecular complexity index is 993. The van der Waals surface area contributed by atoms with E-state index in [4.69, 9.17) is 9.47 Å². The van der Waals surface area contributed by atoms with E-state index in [1.54, 1.807) is 24.3 Å². The first kappa shape index (κ1) is 26.3. The minimum atomic E-state index is -0.595. The van der Waals surface area contributed by atoms with Gasteiger partial charge in [-0.2, -0.15) is 0 Å². The summed E-state index contributed by atoms with van der Waals surface area (Å²) in [5.41, 5.74) is 2.47. The van der Waals surface area contributed by atoms with Crippen LogP contribution in [0.4, 0.5) is 0 Å². The number of ether oxygens (including phenoxy) is 2. The van der Waals surface area contributed by atoms with Crippen LogP contribution in [-0.4, -0.2) is 48.0 Å². The monoisotopic (exact) mass is 480 g/mol. The predicted molar refractivity (Wildman–Crippen MR) is 134 cm³/mol. The van der Waals surface area contributed by atoms with Crippen LogP contribution in [-0.2, 0) is 14.3 Å². The number of carbonyl (C=O) groups is 3. The highest BCUT2D eigenvalue weighted by molar-refractivity contribution is 5.91. The second-order valence-corrected chi connectivity index (χ2v) is 9.26. The molecule has 1 aliphatic rings. The number of nitrogens with one attached hydrogen (secondary N) is 1. The second kappa shape index (κ2) is 12.4. The number of benzene rings is 2. The molecule has 35 heavy (non-hydrogen) atoms. The van der Waals surface area contributed by atoms with Crippen molar-refractivity contribution in [3.8, 4) is 5.75 Å². The van der Waals surface area contributed by atoms with Crippen LogP contribution < -0.4 is 10.1 Å². The van der Waals surface area contributed by atoms with Gasteiger partial charge in [-0.05, 0) is 76.3 Å². The Labute approximate surface area is 207 Å². The molecule has 2 aromatic carbocycles. The molecule has 0 aliphatic carbocycles. The van der Waals surface area contributed by atoms with Crippen LogP contribution in [0.3, 0.4) is 0 Å². The third-order valence-electron chi connectivity index (χ3n) is 6.49. The van der Waals surface area contributed by atoms with Crippen molar-refractivity contribution in [2.24, 2.45) is 0 Å². The Morgan fingerprint density at radius 1 is 0.971 bits per heavy atom. The van der Waals surface area contributed by atoms with Gasteiger partial charge in [-0.3, -0.25) is 9.59 Å². The molecule has 7 nitrogen and oxygen atoms in total. The summed E-state index contributed by atoms with van der Waals surface area (Å²) in [6, 6.07) is 14.6. The fourth-order valence-electron chi connectivity index (χ4n) is 4.49. The molecule has 3 atom stereocenters. The fourth-order valence-corrected chi connectivity index (χ4v) is 4.49. The molecule has 3 rings (SSSR count). The van der Waals surface area contributed by atoms with Crippen LogP contribution in [0.2, 0.25) is 0 Å². The van der Waals surface area contributed by atoms with E-state index in [1.807, 2.05) is 43.0 Å². The van der Waals surface area contributed by atoms with Crippen molar-refractivity contribution >= 4 is 17.8 Å². The highest BCUT2D eigenvalue weighted by Crippen LogP contribution is 2.23. The number of rotatable bonds is 9. The number of hydrogen-bond acceptors (Lipinski definition) is 5. The lowest BCUT2D eigenvalue weighted by Gasteiger charge is -2.38. The first-order chi connectivity index (χ1) is 16.8. The number of piperidine rings is 1. The van der Waals surface area contributed by atoms with Gasteiger partial charge < -0.3 is 19.7 Å². The SMILES string of the molecule is CCC(NC(=O)COC(=O)c1ccc(OCC(=O)N2C(C)CCCC2C)cc1)c1ccc(C)cc1. The molecule has 1 heterocycles. The van der Waals surface area contributed by atoms with Crippen LogP contribution in [0.25, 0.3) is 0 Å². The highest BCUT2D eigenvalue weighted by atomic mass is 16.5. The third-order valence-corrected chi connectivity index (χ3v) is 6.49. The summed E-state index contributed by atoms with van der Waals surface area (Å²) in [5.74, 6) is -0.489. The molecule has 0 bridgehead atoms. The number of amides is 2. The van der Waals surface area contributed by atoms with Gasteiger partial charge in [0.15, 0.2) is 13.2 Å². The van der Waals surface area contributed by atoms with Gasteiger partial charge in [-0.25, -0.2) is 4.79 Å². The summed E-state index contributed by atoms with van der Waals surface area (Å²) in [6.07, 6.45) is 3.88. The largest absolute Gasteiger partial charge is 0.484 e. The molecule has 3 unspecified atom stereocenters. The Balaban J connectivity index is 1.45. The molecule has 7 heteroatoms. The van der Waals surface area contributed by atoms with E-state index in [0.717, 1.165) is 36.8 Å². The van der Waals surface area contributed by atoms with Gasteiger partial charge in [0, 0.05) is 12.1 Å². The summed E-state index contributed by atoms with van der Waals surface area (Å²) in [6.45, 7) is 7.73. The van der Waals surface area contributed by atoms with E-state index in [9.17, 15) is 14.4 Å². The van der Waals surface area contributed by atoms with Crippen molar-refractivity contribution < 1.29 is 23.9 Å². The first-order valence-electron chi connectivity index (χ1n) is 12.4. The standard InChI is InChI=1S/C28H36N2O5/c1-5-25(22-11-9-19(2)10-12-22)29-26(31)17-35-28(33)23-13-15-24(16-14-23)34-18-27(32)30-20(3)7-6-8-21(30)4/h9-16,20-21,25H,5-8,17-18H2,1-4H3,(H,29,31). The lowest BCUT2D eigenvalue weighted by atomic mass is 9.97. The number of nitrogens with zero attached hydrogens (tertiary/aromatic N) is 1. The van der Waals surface area contributed by atoms with Crippen molar-refractivity contribution in [3.05, 3.63) is 65.2 Å². The van der Waals surface area contributed by atoms with Gasteiger partial charge >= 0.3 is 5.97 Å². The predicted octanol–water partition coefficient (Wildman–Crippen LogP) is 4.59. The van der Waals surface area contributed by atoms with Crippen LogP contribution >= 0.6 is 0 Å². The van der Waals surface area contributed by atoms with Gasteiger partial charge in [0.2, 0.25) is 0 Å². The number of aryl methyl sites for hydroxylation is 1. The van der Waals surface area contributed by atoms with Gasteiger partial charge in [-0.15, -0.1) is 0 Å². The number of carbonyl (C=O) groups excluding carboxylic acids is 3. The van der Waals surface area contributed by atoms with Crippen molar-refractivity contribution in [1.82, 2.24) is 10.2 Å². The maximum atomic E-state index is 12.6. The Morgan fingerprint density at radius 2 is 1.60 bits per heavy atom. The van der Waals surface area contributed by atoms with Crippen molar-refractivity contribution in [2.45, 2.75) is 71.5 Å². The summed E-state index contributed by atoms with van der Waals surface area (Å²) in [4.78, 5) is 39.2. The molecule has 1 saturated heterocycles. The van der Waals surface area contributed by atoms with Gasteiger partial charge in [-0.1, -0.05) is 36.8 Å². The molecular formula is C28H36N2O5. The molecule has 0 aromatic heterocycles. The highest BCUT2D eigenvalue weighted by Gasteiger charge is 2.29. The molecular weight excluding hydrogens is 444 g/mol. The fraction of sp³-hybridized carbons (Fsp3) is 0.464. The van der Waals surface area contributed by atoms with E-state index in [1.165, 1.54) is 0 Å². The molecule has 1 aliphatic heterocycles. The number of likely N-dealkylation sites (tertiary alicyclic amines) is 1. The quantitative estimate of drug-likeness (QED) is 0.531. The molecule has 2 amide bonds. The zero-order valence-corrected chi connectivity index (χ0v) is 21.1. The normalized spacial score (nSPS) is 18.5. The lowest BCUT2D eigenvalue weighted by molar-refractivity contribution is -0.139. The van der Waals surface area contributed by atoms with E-state index in [2.05, 4.69) is 19.2 Å². The third kappa shape index (κ3) is 7.31. The van der Waals surface area contributed by atoms with Crippen molar-refractivity contribution in [1.29, 1.82) is 0 Å². The molecule has 0 saturated carbocycles. The zero-order chi connectivity index (χ0) is 25.4. The zero-order valence-electron chi connectivity index (χ0n) is 21.1. The summed E-state index contributed by atoms with van der Waals surface area (Å²) >= 11 is 0. The molecule has 188 valence electrons. The van der Waals surface area contributed by atoms with Crippen LogP contribution in [0.15, 0.2) is 48.5 Å². The smallest absolute Gasteiger partial charge is 0.338 e. The van der Waals surface area contributed by atoms with Crippen LogP contribution in [0.1, 0.15) is 74.0 Å². The minimum Gasteiger partial charge on any atom is -0.484 e. The first-order valence-corrected chi connectivity index (χ1v) is 12.4. The van der Waals surface area contributed by atoms with Crippen molar-refractivity contribution in [3.63, 3.8) is 0 Å². The molecule has 2 aromatic rings. The molecule has 0 radical (unpaired) electrons. The van der Waals surface area contributed by atoms with E-state index >= 15 is 0 Å². The summed E-state index contributed by atoms with van der Waals surface area (Å²) in [5, 5.41) is 2.91. The van der Waals surface area contributed by atoms with E-state index in [-0.39, 0.29) is 43.2 Å². The molecule has 1 fully saturated rings. The second-order valence-electron chi connectivity index (χ2n) is 9.26. The van der Waals surface area contributed by atoms with E-state index in [0.29, 0.717) is 11.3 Å². The van der Waals surface area contributed by atoms with E-state index < -0.39 is 5.97 Å². The van der Waals surface area contributed by atoms with Crippen molar-refractivity contribution in [2.75, 3.05) is 13.2 Å². The van der Waals surface area contributed by atoms with Gasteiger partial charge in [0.05, 0.1) is 11.6 Å². The lowest BCUT2D eigenvalue weighted by Crippen LogP contribution is -2.49. The minimum absolute atomic E-state index is 0.0322. The van der Waals surface area contributed by atoms with Gasteiger partial charge in [0.1, 0.15) is 5.75 Å². The maximum Gasteiger partial charge on any atom is 0.338 e. The maximum absolute atomic E-state index is 12.6.